The number of methoxy groups -OCH3 is 1. The fraction of sp³-hybridized carbons (Fsp3) is 0.526. The second-order valence-electron chi connectivity index (χ2n) is 7.05. The van der Waals surface area contributed by atoms with Crippen LogP contribution >= 0.6 is 0 Å². The second kappa shape index (κ2) is 8.47. The van der Waals surface area contributed by atoms with Crippen LogP contribution in [0.3, 0.4) is 0 Å². The molecule has 0 saturated heterocycles. The molecule has 2 aliphatic rings. The van der Waals surface area contributed by atoms with Crippen LogP contribution < -0.4 is 15.4 Å². The van der Waals surface area contributed by atoms with Gasteiger partial charge in [-0.2, -0.15) is 5.10 Å². The number of fused-ring (bicyclic) bond motifs is 7. The van der Waals surface area contributed by atoms with Crippen LogP contribution in [-0.4, -0.2) is 47.6 Å². The minimum atomic E-state index is -0.366. The van der Waals surface area contributed by atoms with Crippen LogP contribution in [0.1, 0.15) is 43.0 Å². The van der Waals surface area contributed by atoms with Gasteiger partial charge < -0.3 is 24.8 Å². The lowest BCUT2D eigenvalue weighted by Crippen LogP contribution is -2.29. The molecule has 3 N–H and O–H groups in total. The third-order valence-corrected chi connectivity index (χ3v) is 5.08. The molecular formula is C19H25N5O4. The van der Waals surface area contributed by atoms with Gasteiger partial charge in [0.05, 0.1) is 13.7 Å². The van der Waals surface area contributed by atoms with E-state index < -0.39 is 0 Å². The number of rotatable bonds is 1. The van der Waals surface area contributed by atoms with Crippen molar-refractivity contribution in [3.05, 3.63) is 29.6 Å². The molecule has 0 radical (unpaired) electrons. The van der Waals surface area contributed by atoms with Gasteiger partial charge in [0, 0.05) is 30.8 Å². The summed E-state index contributed by atoms with van der Waals surface area (Å²) in [6.07, 6.45) is 2.87. The number of nitrogens with one attached hydrogen (secondary N) is 3. The van der Waals surface area contributed by atoms with Crippen LogP contribution in [-0.2, 0) is 16.1 Å². The summed E-state index contributed by atoms with van der Waals surface area (Å²) in [6.45, 7) is 1.32. The fourth-order valence-corrected chi connectivity index (χ4v) is 3.64. The highest BCUT2D eigenvalue weighted by Crippen LogP contribution is 2.36. The minimum absolute atomic E-state index is 0.0642. The molecule has 1 aliphatic carbocycles. The highest BCUT2D eigenvalue weighted by molar-refractivity contribution is 5.67. The second-order valence-corrected chi connectivity index (χ2v) is 7.05. The number of aromatic amines is 1. The molecule has 1 fully saturated rings. The number of ether oxygens (including phenoxy) is 3. The Kier molecular flexibility index (Phi) is 5.61. The van der Waals surface area contributed by atoms with Gasteiger partial charge in [0.25, 0.3) is 0 Å². The largest absolute Gasteiger partial charge is 0.495 e. The number of anilines is 2. The Balaban J connectivity index is 1.54. The van der Waals surface area contributed by atoms with Crippen molar-refractivity contribution in [3.63, 3.8) is 0 Å². The Bertz CT molecular complexity index is 824. The number of amides is 1. The molecule has 0 spiro atoms. The maximum atomic E-state index is 12.0. The van der Waals surface area contributed by atoms with Crippen LogP contribution in [0.15, 0.2) is 18.2 Å². The first kappa shape index (κ1) is 18.5. The van der Waals surface area contributed by atoms with Gasteiger partial charge in [0.2, 0.25) is 0 Å². The number of alkyl carbamates (subject to hydrolysis) is 1. The Morgan fingerprint density at radius 2 is 2.18 bits per heavy atom. The van der Waals surface area contributed by atoms with E-state index in [1.165, 1.54) is 0 Å². The molecule has 28 heavy (non-hydrogen) atoms. The van der Waals surface area contributed by atoms with Crippen LogP contribution in [0, 0.1) is 0 Å². The molecule has 2 aromatic rings. The molecule has 1 aliphatic heterocycles. The van der Waals surface area contributed by atoms with E-state index in [-0.39, 0.29) is 12.2 Å². The van der Waals surface area contributed by atoms with Gasteiger partial charge in [-0.25, -0.2) is 9.78 Å². The maximum Gasteiger partial charge on any atom is 0.407 e. The molecule has 2 aromatic heterocycles. The van der Waals surface area contributed by atoms with Gasteiger partial charge in [0.1, 0.15) is 23.4 Å². The summed E-state index contributed by atoms with van der Waals surface area (Å²) in [6, 6.07) is 5.70. The van der Waals surface area contributed by atoms with E-state index in [0.29, 0.717) is 55.2 Å². The SMILES string of the molecule is COc1ccc2nc1COCCCNC(=O)O[C@@H]1CC[C@@H](C1)c1cc(n[nH]1)N2. The molecular weight excluding hydrogens is 362 g/mol. The van der Waals surface area contributed by atoms with E-state index in [2.05, 4.69) is 25.8 Å². The first-order valence-corrected chi connectivity index (χ1v) is 9.59. The van der Waals surface area contributed by atoms with E-state index in [0.717, 1.165) is 25.0 Å². The van der Waals surface area contributed by atoms with Crippen LogP contribution in [0.25, 0.3) is 0 Å². The summed E-state index contributed by atoms with van der Waals surface area (Å²) >= 11 is 0. The van der Waals surface area contributed by atoms with Crippen LogP contribution in [0.2, 0.25) is 0 Å². The number of aromatic nitrogens is 3. The molecule has 2 atom stereocenters. The van der Waals surface area contributed by atoms with E-state index in [1.54, 1.807) is 7.11 Å². The molecule has 9 heteroatoms. The normalized spacial score (nSPS) is 23.0. The Morgan fingerprint density at radius 3 is 3.07 bits per heavy atom. The van der Waals surface area contributed by atoms with Crippen LogP contribution in [0.5, 0.6) is 5.75 Å². The highest BCUT2D eigenvalue weighted by atomic mass is 16.6. The number of carbonyl (C=O) groups excluding carboxylic acids is 1. The number of hydrogen-bond donors (Lipinski definition) is 3. The zero-order chi connectivity index (χ0) is 19.3. The molecule has 150 valence electrons. The monoisotopic (exact) mass is 387 g/mol. The molecule has 1 saturated carbocycles. The summed E-state index contributed by atoms with van der Waals surface area (Å²) in [4.78, 5) is 16.6. The van der Waals surface area contributed by atoms with Crippen molar-refractivity contribution in [1.29, 1.82) is 0 Å². The van der Waals surface area contributed by atoms with Gasteiger partial charge in [0.15, 0.2) is 5.82 Å². The lowest BCUT2D eigenvalue weighted by molar-refractivity contribution is 0.0953. The molecule has 0 aromatic carbocycles. The predicted octanol–water partition coefficient (Wildman–Crippen LogP) is 2.84. The van der Waals surface area contributed by atoms with Gasteiger partial charge in [-0.3, -0.25) is 5.10 Å². The quantitative estimate of drug-likeness (QED) is 0.690. The zero-order valence-electron chi connectivity index (χ0n) is 15.9. The maximum absolute atomic E-state index is 12.0. The molecule has 4 rings (SSSR count). The van der Waals surface area contributed by atoms with Crippen molar-refractivity contribution in [3.8, 4) is 5.75 Å². The Hall–Kier alpha value is -2.81. The Labute approximate surface area is 163 Å². The fourth-order valence-electron chi connectivity index (χ4n) is 3.64. The molecule has 6 bridgehead atoms. The third kappa shape index (κ3) is 4.36. The van der Waals surface area contributed by atoms with Crippen LogP contribution in [0.4, 0.5) is 16.4 Å². The smallest absolute Gasteiger partial charge is 0.407 e. The summed E-state index contributed by atoms with van der Waals surface area (Å²) in [7, 11) is 1.61. The first-order chi connectivity index (χ1) is 13.7. The van der Waals surface area contributed by atoms with Crippen molar-refractivity contribution < 1.29 is 19.0 Å². The van der Waals surface area contributed by atoms with Gasteiger partial charge in [-0.05, 0) is 37.8 Å². The van der Waals surface area contributed by atoms with Gasteiger partial charge in [-0.15, -0.1) is 0 Å². The molecule has 0 unspecified atom stereocenters. The molecule has 3 heterocycles. The lowest BCUT2D eigenvalue weighted by atomic mass is 10.0. The standard InChI is InChI=1S/C19H25N5O4/c1-26-16-5-6-17-21-15(16)11-27-8-2-7-20-19(25)28-13-4-3-12(9-13)14-10-18(22-17)24-23-14/h5-6,10,12-13H,2-4,7-9,11H2,1H3,(H,20,25)(H2,21,22,23,24)/t12-,13+/m0/s1. The molecule has 1 amide bonds. The summed E-state index contributed by atoms with van der Waals surface area (Å²) in [5, 5.41) is 13.4. The Morgan fingerprint density at radius 1 is 1.25 bits per heavy atom. The van der Waals surface area contributed by atoms with E-state index in [1.807, 2.05) is 18.2 Å². The lowest BCUT2D eigenvalue weighted by Gasteiger charge is -2.14. The van der Waals surface area contributed by atoms with Crippen molar-refractivity contribution in [1.82, 2.24) is 20.5 Å². The number of pyridine rings is 1. The number of carbonyl (C=O) groups is 1. The average Bonchev–Trinajstić information content (AvgIpc) is 3.33. The van der Waals surface area contributed by atoms with E-state index >= 15 is 0 Å². The number of hydrogen-bond acceptors (Lipinski definition) is 7. The predicted molar refractivity (Wildman–Crippen MR) is 102 cm³/mol. The summed E-state index contributed by atoms with van der Waals surface area (Å²) in [5.41, 5.74) is 1.74. The summed E-state index contributed by atoms with van der Waals surface area (Å²) < 4.78 is 16.6. The summed E-state index contributed by atoms with van der Waals surface area (Å²) in [5.74, 6) is 2.34. The van der Waals surface area contributed by atoms with Gasteiger partial charge in [-0.1, -0.05) is 0 Å². The van der Waals surface area contributed by atoms with Crippen molar-refractivity contribution >= 4 is 17.7 Å². The topological polar surface area (TPSA) is 110 Å². The van der Waals surface area contributed by atoms with Gasteiger partial charge >= 0.3 is 6.09 Å². The van der Waals surface area contributed by atoms with Crippen molar-refractivity contribution in [2.75, 3.05) is 25.6 Å². The first-order valence-electron chi connectivity index (χ1n) is 9.59. The zero-order valence-corrected chi connectivity index (χ0v) is 15.9. The van der Waals surface area contributed by atoms with E-state index in [4.69, 9.17) is 14.2 Å². The minimum Gasteiger partial charge on any atom is -0.495 e. The highest BCUT2D eigenvalue weighted by Gasteiger charge is 2.30. The number of nitrogens with zero attached hydrogens (tertiary/aromatic N) is 2. The van der Waals surface area contributed by atoms with E-state index in [9.17, 15) is 4.79 Å². The van der Waals surface area contributed by atoms with Crippen molar-refractivity contribution in [2.45, 2.75) is 44.3 Å². The average molecular weight is 387 g/mol. The third-order valence-electron chi connectivity index (χ3n) is 5.08. The van der Waals surface area contributed by atoms with Crippen molar-refractivity contribution in [2.24, 2.45) is 0 Å². The molecule has 9 nitrogen and oxygen atoms in total. The number of H-pyrrole nitrogens is 1.